The van der Waals surface area contributed by atoms with E-state index in [9.17, 15) is 0 Å². The number of aryl methyl sites for hydroxylation is 1. The monoisotopic (exact) mass is 492 g/mol. The van der Waals surface area contributed by atoms with Crippen molar-refractivity contribution in [3.63, 3.8) is 0 Å². The van der Waals surface area contributed by atoms with E-state index in [4.69, 9.17) is 21.9 Å². The molecule has 0 amide bonds. The molecule has 2 aromatic carbocycles. The Morgan fingerprint density at radius 1 is 1.00 bits per heavy atom. The number of hydrogen-bond acceptors (Lipinski definition) is 7. The molecule has 4 aromatic rings. The maximum atomic E-state index is 5.71. The van der Waals surface area contributed by atoms with Crippen LogP contribution in [0, 0.1) is 11.7 Å². The minimum atomic E-state index is 0.712. The Hall–Kier alpha value is -2.85. The van der Waals surface area contributed by atoms with E-state index in [1.165, 1.54) is 5.56 Å². The second kappa shape index (κ2) is 10.2. The molecule has 1 aliphatic heterocycles. The third kappa shape index (κ3) is 4.97. The number of hydrogen-bond donors (Lipinski definition) is 0. The number of para-hydroxylation sites is 1. The van der Waals surface area contributed by atoms with Crippen LogP contribution in [0.3, 0.4) is 0 Å². The highest BCUT2D eigenvalue weighted by atomic mass is 32.1. The van der Waals surface area contributed by atoms with Crippen LogP contribution < -0.4 is 4.74 Å². The molecule has 0 saturated carbocycles. The molecule has 0 spiro atoms. The van der Waals surface area contributed by atoms with Gasteiger partial charge in [0.1, 0.15) is 17.1 Å². The Balaban J connectivity index is 1.16. The maximum absolute atomic E-state index is 5.71. The van der Waals surface area contributed by atoms with Gasteiger partial charge in [-0.3, -0.25) is 14.4 Å². The fraction of sp³-hybridized carbons (Fsp3) is 0.320. The molecule has 9 heteroatoms. The average molecular weight is 493 g/mol. The van der Waals surface area contributed by atoms with Crippen LogP contribution in [0.1, 0.15) is 11.3 Å². The summed E-state index contributed by atoms with van der Waals surface area (Å²) in [5.74, 6) is 0.863. The van der Waals surface area contributed by atoms with E-state index in [1.54, 1.807) is 18.4 Å². The zero-order valence-electron chi connectivity index (χ0n) is 19.4. The van der Waals surface area contributed by atoms with Gasteiger partial charge in [0, 0.05) is 43.7 Å². The third-order valence-electron chi connectivity index (χ3n) is 6.18. The molecule has 3 heterocycles. The first-order valence-electron chi connectivity index (χ1n) is 11.3. The molecule has 1 fully saturated rings. The molecular weight excluding hydrogens is 464 g/mol. The van der Waals surface area contributed by atoms with Crippen LogP contribution in [0.25, 0.3) is 16.3 Å². The molecule has 5 rings (SSSR count). The fourth-order valence-corrected chi connectivity index (χ4v) is 5.25. The van der Waals surface area contributed by atoms with Gasteiger partial charge in [-0.25, -0.2) is 9.67 Å². The molecule has 1 saturated heterocycles. The lowest BCUT2D eigenvalue weighted by Crippen LogP contribution is -2.46. The maximum Gasteiger partial charge on any atom is 0.203 e. The molecule has 0 bridgehead atoms. The van der Waals surface area contributed by atoms with E-state index in [1.807, 2.05) is 39.8 Å². The van der Waals surface area contributed by atoms with Crippen molar-refractivity contribution in [2.75, 3.05) is 33.3 Å². The van der Waals surface area contributed by atoms with Gasteiger partial charge >= 0.3 is 0 Å². The molecule has 7 nitrogen and oxygen atoms in total. The summed E-state index contributed by atoms with van der Waals surface area (Å²) in [6.07, 6.45) is 1.82. The molecule has 2 aromatic heterocycles. The SMILES string of the molecule is COc1ccc(-c2nc(CN3CCN(Cn4ncn(-c5ccccc5C)c4=S)CC3)cs2)cc1. The van der Waals surface area contributed by atoms with Crippen LogP contribution in [0.4, 0.5) is 0 Å². The Kier molecular flexibility index (Phi) is 6.87. The Morgan fingerprint density at radius 3 is 2.47 bits per heavy atom. The molecule has 176 valence electrons. The van der Waals surface area contributed by atoms with E-state index in [-0.39, 0.29) is 0 Å². The predicted octanol–water partition coefficient (Wildman–Crippen LogP) is 4.62. The Morgan fingerprint density at radius 2 is 1.74 bits per heavy atom. The molecular formula is C25H28N6OS2. The minimum absolute atomic E-state index is 0.712. The van der Waals surface area contributed by atoms with Gasteiger partial charge in [0.05, 0.1) is 25.2 Å². The second-order valence-electron chi connectivity index (χ2n) is 8.48. The number of ether oxygens (including phenoxy) is 1. The summed E-state index contributed by atoms with van der Waals surface area (Å²) in [5.41, 5.74) is 4.53. The van der Waals surface area contributed by atoms with Gasteiger partial charge in [0.15, 0.2) is 0 Å². The topological polar surface area (TPSA) is 51.4 Å². The lowest BCUT2D eigenvalue weighted by Gasteiger charge is -2.34. The summed E-state index contributed by atoms with van der Waals surface area (Å²) in [5, 5.41) is 7.78. The number of thiazole rings is 1. The average Bonchev–Trinajstić information content (AvgIpc) is 3.48. The number of aromatic nitrogens is 4. The lowest BCUT2D eigenvalue weighted by atomic mass is 10.2. The quantitative estimate of drug-likeness (QED) is 0.351. The smallest absolute Gasteiger partial charge is 0.203 e. The molecule has 1 aliphatic rings. The van der Waals surface area contributed by atoms with Gasteiger partial charge in [0.25, 0.3) is 0 Å². The summed E-state index contributed by atoms with van der Waals surface area (Å²) in [6.45, 7) is 7.65. The van der Waals surface area contributed by atoms with Crippen molar-refractivity contribution in [1.29, 1.82) is 0 Å². The highest BCUT2D eigenvalue weighted by molar-refractivity contribution is 7.71. The van der Waals surface area contributed by atoms with Crippen LogP contribution >= 0.6 is 23.6 Å². The molecule has 0 N–H and O–H groups in total. The van der Waals surface area contributed by atoms with Crippen LogP contribution in [0.2, 0.25) is 0 Å². The van der Waals surface area contributed by atoms with Crippen molar-refractivity contribution in [1.82, 2.24) is 29.1 Å². The number of nitrogens with zero attached hydrogens (tertiary/aromatic N) is 6. The zero-order valence-corrected chi connectivity index (χ0v) is 21.1. The standard InChI is InChI=1S/C25H28N6OS2/c1-19-5-3-4-6-23(19)30-17-26-31(25(30)33)18-29-13-11-28(12-14-29)15-21-16-34-24(27-21)20-7-9-22(32-2)10-8-20/h3-10,16-17H,11-15,18H2,1-2H3. The van der Waals surface area contributed by atoms with Crippen molar-refractivity contribution in [2.45, 2.75) is 20.1 Å². The van der Waals surface area contributed by atoms with Crippen molar-refractivity contribution < 1.29 is 4.74 Å². The first kappa shape index (κ1) is 22.9. The summed E-state index contributed by atoms with van der Waals surface area (Å²) in [6, 6.07) is 16.3. The Bertz CT molecular complexity index is 1300. The van der Waals surface area contributed by atoms with Gasteiger partial charge in [-0.15, -0.1) is 11.3 Å². The van der Waals surface area contributed by atoms with Crippen molar-refractivity contribution in [3.8, 4) is 22.0 Å². The summed E-state index contributed by atoms with van der Waals surface area (Å²) < 4.78 is 9.88. The molecule has 34 heavy (non-hydrogen) atoms. The van der Waals surface area contributed by atoms with Gasteiger partial charge in [0.2, 0.25) is 4.77 Å². The van der Waals surface area contributed by atoms with Crippen LogP contribution in [0.15, 0.2) is 60.2 Å². The van der Waals surface area contributed by atoms with E-state index in [0.29, 0.717) is 6.67 Å². The Labute approximate surface area is 208 Å². The first-order valence-corrected chi connectivity index (χ1v) is 12.6. The third-order valence-corrected chi connectivity index (χ3v) is 7.53. The normalized spacial score (nSPS) is 15.0. The number of rotatable bonds is 7. The van der Waals surface area contributed by atoms with Crippen LogP contribution in [-0.2, 0) is 13.2 Å². The van der Waals surface area contributed by atoms with Crippen molar-refractivity contribution >= 4 is 23.6 Å². The highest BCUT2D eigenvalue weighted by Gasteiger charge is 2.19. The van der Waals surface area contributed by atoms with Crippen LogP contribution in [-0.4, -0.2) is 62.4 Å². The van der Waals surface area contributed by atoms with Crippen molar-refractivity contribution in [3.05, 3.63) is 76.3 Å². The van der Waals surface area contributed by atoms with Gasteiger partial charge in [-0.2, -0.15) is 5.10 Å². The van der Waals surface area contributed by atoms with E-state index >= 15 is 0 Å². The summed E-state index contributed by atoms with van der Waals surface area (Å²) in [7, 11) is 1.68. The van der Waals surface area contributed by atoms with E-state index in [0.717, 1.165) is 65.2 Å². The predicted molar refractivity (Wildman–Crippen MR) is 138 cm³/mol. The summed E-state index contributed by atoms with van der Waals surface area (Å²) in [4.78, 5) is 9.73. The number of methoxy groups -OCH3 is 1. The molecule has 0 radical (unpaired) electrons. The summed E-state index contributed by atoms with van der Waals surface area (Å²) >= 11 is 7.41. The second-order valence-corrected chi connectivity index (χ2v) is 9.70. The van der Waals surface area contributed by atoms with Crippen molar-refractivity contribution in [2.24, 2.45) is 0 Å². The first-order chi connectivity index (χ1) is 16.6. The lowest BCUT2D eigenvalue weighted by molar-refractivity contribution is 0.0974. The molecule has 0 unspecified atom stereocenters. The van der Waals surface area contributed by atoms with Gasteiger partial charge < -0.3 is 4.74 Å². The van der Waals surface area contributed by atoms with Gasteiger partial charge in [-0.05, 0) is 55.0 Å². The number of benzene rings is 2. The highest BCUT2D eigenvalue weighted by Crippen LogP contribution is 2.26. The fourth-order valence-electron chi connectivity index (χ4n) is 4.19. The van der Waals surface area contributed by atoms with E-state index < -0.39 is 0 Å². The molecule has 0 aliphatic carbocycles. The minimum Gasteiger partial charge on any atom is -0.497 e. The largest absolute Gasteiger partial charge is 0.497 e. The van der Waals surface area contributed by atoms with Gasteiger partial charge in [-0.1, -0.05) is 18.2 Å². The van der Waals surface area contributed by atoms with Crippen LogP contribution in [0.5, 0.6) is 5.75 Å². The number of piperazine rings is 1. The van der Waals surface area contributed by atoms with E-state index in [2.05, 4.69) is 51.5 Å². The molecule has 0 atom stereocenters. The zero-order chi connectivity index (χ0) is 23.5.